The predicted molar refractivity (Wildman–Crippen MR) is 39.8 cm³/mol. The molecule has 0 aliphatic heterocycles. The van der Waals surface area contributed by atoms with Gasteiger partial charge in [0.1, 0.15) is 0 Å². The van der Waals surface area contributed by atoms with Crippen LogP contribution in [0.5, 0.6) is 0 Å². The van der Waals surface area contributed by atoms with E-state index in [0.29, 0.717) is 11.1 Å². The number of aryl methyl sites for hydroxylation is 1. The molecule has 0 aliphatic rings. The molecular formula is C9H8F3. The molecule has 65 valence electrons. The lowest BCUT2D eigenvalue weighted by atomic mass is 10.1. The Kier molecular flexibility index (Phi) is 2.40. The molecule has 12 heavy (non-hydrogen) atoms. The van der Waals surface area contributed by atoms with Crippen LogP contribution < -0.4 is 0 Å². The average Bonchev–Trinajstić information content (AvgIpc) is 1.91. The van der Waals surface area contributed by atoms with Crippen LogP contribution in [-0.4, -0.2) is 6.18 Å². The first-order chi connectivity index (χ1) is 5.49. The second kappa shape index (κ2) is 3.17. The maximum atomic E-state index is 11.9. The van der Waals surface area contributed by atoms with Gasteiger partial charge < -0.3 is 0 Å². The Bertz CT molecular complexity index is 263. The molecule has 0 saturated carbocycles. The summed E-state index contributed by atoms with van der Waals surface area (Å²) in [6.45, 7) is 1.63. The van der Waals surface area contributed by atoms with Crippen LogP contribution in [0.1, 0.15) is 11.1 Å². The number of halogens is 3. The van der Waals surface area contributed by atoms with E-state index in [-0.39, 0.29) is 0 Å². The third-order valence-electron chi connectivity index (χ3n) is 1.57. The monoisotopic (exact) mass is 173 g/mol. The smallest absolute Gasteiger partial charge is 0.171 e. The van der Waals surface area contributed by atoms with Crippen LogP contribution in [0.25, 0.3) is 0 Å². The van der Waals surface area contributed by atoms with Gasteiger partial charge in [-0.2, -0.15) is 13.2 Å². The Morgan fingerprint density at radius 2 is 2.08 bits per heavy atom. The lowest BCUT2D eigenvalue weighted by Crippen LogP contribution is -2.12. The topological polar surface area (TPSA) is 0 Å². The van der Waals surface area contributed by atoms with Gasteiger partial charge in [0.2, 0.25) is 0 Å². The molecule has 3 heteroatoms. The van der Waals surface area contributed by atoms with E-state index in [2.05, 4.69) is 6.07 Å². The van der Waals surface area contributed by atoms with Gasteiger partial charge in [-0.05, 0) is 24.1 Å². The fraction of sp³-hybridized carbons (Fsp3) is 0.333. The molecule has 0 unspecified atom stereocenters. The summed E-state index contributed by atoms with van der Waals surface area (Å²) in [6.07, 6.45) is -4.99. The minimum absolute atomic E-state index is 0.296. The highest BCUT2D eigenvalue weighted by atomic mass is 19.4. The molecule has 0 amide bonds. The zero-order valence-corrected chi connectivity index (χ0v) is 6.57. The van der Waals surface area contributed by atoms with Crippen molar-refractivity contribution in [2.75, 3.05) is 0 Å². The van der Waals surface area contributed by atoms with Crippen molar-refractivity contribution in [2.24, 2.45) is 0 Å². The number of benzene rings is 1. The van der Waals surface area contributed by atoms with Crippen molar-refractivity contribution < 1.29 is 13.2 Å². The standard InChI is InChI=1S/C9H8F3/c1-7-4-2-3-5-8(7)6-9(10,11)12/h2-3,5H,6H2,1H3. The van der Waals surface area contributed by atoms with Crippen molar-refractivity contribution in [3.8, 4) is 0 Å². The van der Waals surface area contributed by atoms with Gasteiger partial charge in [-0.3, -0.25) is 0 Å². The molecule has 1 aromatic carbocycles. The van der Waals surface area contributed by atoms with Crippen LogP contribution in [-0.2, 0) is 6.42 Å². The minimum atomic E-state index is -4.13. The fourth-order valence-corrected chi connectivity index (χ4v) is 0.963. The SMILES string of the molecule is Cc1[c]cccc1CC(F)(F)F. The van der Waals surface area contributed by atoms with Gasteiger partial charge in [-0.1, -0.05) is 18.2 Å². The van der Waals surface area contributed by atoms with Crippen molar-refractivity contribution in [1.29, 1.82) is 0 Å². The third-order valence-corrected chi connectivity index (χ3v) is 1.57. The van der Waals surface area contributed by atoms with Gasteiger partial charge >= 0.3 is 6.18 Å². The highest BCUT2D eigenvalue weighted by molar-refractivity contribution is 5.25. The Morgan fingerprint density at radius 1 is 1.42 bits per heavy atom. The third kappa shape index (κ3) is 2.57. The Hall–Kier alpha value is -0.990. The van der Waals surface area contributed by atoms with E-state index >= 15 is 0 Å². The van der Waals surface area contributed by atoms with Crippen molar-refractivity contribution in [3.05, 3.63) is 35.4 Å². The van der Waals surface area contributed by atoms with E-state index in [9.17, 15) is 13.2 Å². The summed E-state index contributed by atoms with van der Waals surface area (Å²) in [5, 5.41) is 0. The van der Waals surface area contributed by atoms with Crippen LogP contribution in [0.3, 0.4) is 0 Å². The Balaban J connectivity index is 2.83. The molecule has 0 fully saturated rings. The van der Waals surface area contributed by atoms with Crippen LogP contribution in [0.15, 0.2) is 18.2 Å². The van der Waals surface area contributed by atoms with E-state index in [1.165, 1.54) is 6.07 Å². The zero-order chi connectivity index (χ0) is 9.19. The second-order valence-electron chi connectivity index (χ2n) is 2.61. The van der Waals surface area contributed by atoms with Gasteiger partial charge in [0.25, 0.3) is 0 Å². The molecule has 1 rings (SSSR count). The highest BCUT2D eigenvalue weighted by Crippen LogP contribution is 2.22. The van der Waals surface area contributed by atoms with Crippen LogP contribution in [0.2, 0.25) is 0 Å². The molecule has 0 aromatic heterocycles. The largest absolute Gasteiger partial charge is 0.393 e. The summed E-state index contributed by atoms with van der Waals surface area (Å²) in [5.74, 6) is 0. The van der Waals surface area contributed by atoms with Crippen LogP contribution >= 0.6 is 0 Å². The molecule has 0 N–H and O–H groups in total. The summed E-state index contributed by atoms with van der Waals surface area (Å²) in [5.41, 5.74) is 0.861. The van der Waals surface area contributed by atoms with Crippen molar-refractivity contribution in [3.63, 3.8) is 0 Å². The predicted octanol–water partition coefficient (Wildman–Crippen LogP) is 2.90. The zero-order valence-electron chi connectivity index (χ0n) is 6.57. The summed E-state index contributed by atoms with van der Waals surface area (Å²) in [6, 6.07) is 7.36. The summed E-state index contributed by atoms with van der Waals surface area (Å²) < 4.78 is 35.7. The van der Waals surface area contributed by atoms with E-state index < -0.39 is 12.6 Å². The number of alkyl halides is 3. The summed E-state index contributed by atoms with van der Waals surface area (Å²) in [7, 11) is 0. The molecule has 1 radical (unpaired) electrons. The lowest BCUT2D eigenvalue weighted by molar-refractivity contribution is -0.127. The number of rotatable bonds is 1. The molecule has 0 bridgehead atoms. The van der Waals surface area contributed by atoms with Crippen molar-refractivity contribution in [1.82, 2.24) is 0 Å². The molecular weight excluding hydrogens is 165 g/mol. The highest BCUT2D eigenvalue weighted by Gasteiger charge is 2.27. The van der Waals surface area contributed by atoms with E-state index in [1.807, 2.05) is 0 Å². The van der Waals surface area contributed by atoms with Crippen LogP contribution in [0.4, 0.5) is 13.2 Å². The molecule has 1 aromatic rings. The molecule has 0 atom stereocenters. The first-order valence-corrected chi connectivity index (χ1v) is 3.52. The van der Waals surface area contributed by atoms with Gasteiger partial charge in [0, 0.05) is 0 Å². The van der Waals surface area contributed by atoms with Crippen molar-refractivity contribution >= 4 is 0 Å². The molecule has 0 saturated heterocycles. The molecule has 0 nitrogen and oxygen atoms in total. The van der Waals surface area contributed by atoms with E-state index in [1.54, 1.807) is 19.1 Å². The fourth-order valence-electron chi connectivity index (χ4n) is 0.963. The Labute approximate surface area is 69.0 Å². The van der Waals surface area contributed by atoms with Gasteiger partial charge in [0.15, 0.2) is 0 Å². The summed E-state index contributed by atoms with van der Waals surface area (Å²) >= 11 is 0. The first kappa shape index (κ1) is 9.10. The molecule has 0 spiro atoms. The average molecular weight is 173 g/mol. The van der Waals surface area contributed by atoms with Crippen LogP contribution in [0, 0.1) is 13.0 Å². The van der Waals surface area contributed by atoms with Gasteiger partial charge in [-0.25, -0.2) is 0 Å². The van der Waals surface area contributed by atoms with Gasteiger partial charge in [-0.15, -0.1) is 0 Å². The molecule has 0 aliphatic carbocycles. The van der Waals surface area contributed by atoms with Crippen molar-refractivity contribution in [2.45, 2.75) is 19.5 Å². The maximum absolute atomic E-state index is 11.9. The van der Waals surface area contributed by atoms with E-state index in [4.69, 9.17) is 0 Å². The number of hydrogen-bond donors (Lipinski definition) is 0. The quantitative estimate of drug-likeness (QED) is 0.612. The van der Waals surface area contributed by atoms with Gasteiger partial charge in [0.05, 0.1) is 6.42 Å². The number of hydrogen-bond acceptors (Lipinski definition) is 0. The van der Waals surface area contributed by atoms with E-state index in [0.717, 1.165) is 0 Å². The second-order valence-corrected chi connectivity index (χ2v) is 2.61. The normalized spacial score (nSPS) is 11.7. The lowest BCUT2D eigenvalue weighted by Gasteiger charge is -2.07. The molecule has 0 heterocycles. The summed E-state index contributed by atoms with van der Waals surface area (Å²) in [4.78, 5) is 0. The first-order valence-electron chi connectivity index (χ1n) is 3.52. The maximum Gasteiger partial charge on any atom is 0.393 e. The minimum Gasteiger partial charge on any atom is -0.171 e. The Morgan fingerprint density at radius 3 is 2.58 bits per heavy atom.